The summed E-state index contributed by atoms with van der Waals surface area (Å²) in [5.41, 5.74) is 1.97. The molecule has 0 radical (unpaired) electrons. The molecule has 3 amide bonds. The predicted molar refractivity (Wildman–Crippen MR) is 97.2 cm³/mol. The summed E-state index contributed by atoms with van der Waals surface area (Å²) in [5, 5.41) is 2.83. The molecule has 0 aliphatic carbocycles. The van der Waals surface area contributed by atoms with Crippen molar-refractivity contribution in [1.82, 2.24) is 9.80 Å². The molecule has 0 spiro atoms. The Labute approximate surface area is 149 Å². The van der Waals surface area contributed by atoms with Crippen molar-refractivity contribution in [2.75, 3.05) is 31.5 Å². The summed E-state index contributed by atoms with van der Waals surface area (Å²) >= 11 is 0. The van der Waals surface area contributed by atoms with Crippen molar-refractivity contribution in [2.24, 2.45) is 0 Å². The van der Waals surface area contributed by atoms with Crippen LogP contribution in [0.3, 0.4) is 0 Å². The van der Waals surface area contributed by atoms with Gasteiger partial charge in [-0.05, 0) is 23.6 Å². The number of rotatable bonds is 5. The molecule has 0 atom stereocenters. The zero-order chi connectivity index (χ0) is 18.4. The molecule has 25 heavy (non-hydrogen) atoms. The minimum absolute atomic E-state index is 0.0338. The smallest absolute Gasteiger partial charge is 0.224 e. The molecule has 1 fully saturated rings. The Bertz CT molecular complexity index is 617. The van der Waals surface area contributed by atoms with Gasteiger partial charge in [-0.15, -0.1) is 0 Å². The van der Waals surface area contributed by atoms with Crippen molar-refractivity contribution in [3.05, 3.63) is 29.8 Å². The number of anilines is 1. The molecular weight excluding hydrogens is 318 g/mol. The Balaban J connectivity index is 1.74. The molecule has 1 saturated heterocycles. The maximum Gasteiger partial charge on any atom is 0.224 e. The van der Waals surface area contributed by atoms with Crippen LogP contribution in [0.2, 0.25) is 0 Å². The maximum absolute atomic E-state index is 12.2. The Hall–Kier alpha value is -2.37. The van der Waals surface area contributed by atoms with Crippen LogP contribution in [0, 0.1) is 0 Å². The van der Waals surface area contributed by atoms with E-state index in [1.54, 1.807) is 9.80 Å². The van der Waals surface area contributed by atoms with Crippen molar-refractivity contribution in [2.45, 2.75) is 39.5 Å². The second-order valence-corrected chi connectivity index (χ2v) is 6.71. The van der Waals surface area contributed by atoms with Crippen LogP contribution in [-0.2, 0) is 14.4 Å². The number of amides is 3. The van der Waals surface area contributed by atoms with Crippen LogP contribution in [0.5, 0.6) is 0 Å². The van der Waals surface area contributed by atoms with E-state index in [1.165, 1.54) is 12.5 Å². The zero-order valence-electron chi connectivity index (χ0n) is 15.2. The Kier molecular flexibility index (Phi) is 6.56. The van der Waals surface area contributed by atoms with E-state index in [-0.39, 0.29) is 30.6 Å². The molecule has 1 aliphatic rings. The standard InChI is InChI=1S/C19H27N3O3/c1-14(2)16-4-6-17(7-5-16)20-18(24)8-9-19(25)22-12-10-21(11-13-22)15(3)23/h4-7,14H,8-13H2,1-3H3,(H,20,24). The molecule has 1 aromatic rings. The highest BCUT2D eigenvalue weighted by Crippen LogP contribution is 2.17. The molecule has 1 aromatic carbocycles. The van der Waals surface area contributed by atoms with E-state index in [2.05, 4.69) is 19.2 Å². The van der Waals surface area contributed by atoms with E-state index in [0.29, 0.717) is 32.1 Å². The fourth-order valence-electron chi connectivity index (χ4n) is 2.82. The van der Waals surface area contributed by atoms with Gasteiger partial charge in [-0.1, -0.05) is 26.0 Å². The number of hydrogen-bond acceptors (Lipinski definition) is 3. The van der Waals surface area contributed by atoms with E-state index in [9.17, 15) is 14.4 Å². The van der Waals surface area contributed by atoms with E-state index >= 15 is 0 Å². The summed E-state index contributed by atoms with van der Waals surface area (Å²) in [4.78, 5) is 39.0. The van der Waals surface area contributed by atoms with Crippen LogP contribution in [0.1, 0.15) is 45.1 Å². The second-order valence-electron chi connectivity index (χ2n) is 6.71. The lowest BCUT2D eigenvalue weighted by Crippen LogP contribution is -2.50. The highest BCUT2D eigenvalue weighted by molar-refractivity contribution is 5.93. The lowest BCUT2D eigenvalue weighted by molar-refractivity contribution is -0.138. The molecule has 1 aliphatic heterocycles. The number of piperazine rings is 1. The van der Waals surface area contributed by atoms with Gasteiger partial charge in [0.15, 0.2) is 0 Å². The minimum Gasteiger partial charge on any atom is -0.339 e. The number of nitrogens with one attached hydrogen (secondary N) is 1. The first kappa shape index (κ1) is 19.0. The highest BCUT2D eigenvalue weighted by atomic mass is 16.2. The van der Waals surface area contributed by atoms with E-state index in [1.807, 2.05) is 24.3 Å². The molecule has 0 unspecified atom stereocenters. The Morgan fingerprint density at radius 3 is 2.04 bits per heavy atom. The van der Waals surface area contributed by atoms with E-state index in [0.717, 1.165) is 5.69 Å². The van der Waals surface area contributed by atoms with Crippen LogP contribution < -0.4 is 5.32 Å². The van der Waals surface area contributed by atoms with Crippen LogP contribution in [0.25, 0.3) is 0 Å². The molecule has 1 heterocycles. The fourth-order valence-corrected chi connectivity index (χ4v) is 2.82. The predicted octanol–water partition coefficient (Wildman–Crippen LogP) is 2.22. The van der Waals surface area contributed by atoms with Crippen molar-refractivity contribution in [1.29, 1.82) is 0 Å². The molecule has 2 rings (SSSR count). The average Bonchev–Trinajstić information content (AvgIpc) is 2.60. The SMILES string of the molecule is CC(=O)N1CCN(C(=O)CCC(=O)Nc2ccc(C(C)C)cc2)CC1. The van der Waals surface area contributed by atoms with E-state index < -0.39 is 0 Å². The van der Waals surface area contributed by atoms with Gasteiger partial charge in [0, 0.05) is 51.6 Å². The minimum atomic E-state index is -0.159. The van der Waals surface area contributed by atoms with Crippen LogP contribution in [-0.4, -0.2) is 53.7 Å². The molecule has 6 heteroatoms. The number of nitrogens with zero attached hydrogens (tertiary/aromatic N) is 2. The topological polar surface area (TPSA) is 69.7 Å². The van der Waals surface area contributed by atoms with Gasteiger partial charge in [-0.3, -0.25) is 14.4 Å². The molecule has 1 N–H and O–H groups in total. The fraction of sp³-hybridized carbons (Fsp3) is 0.526. The van der Waals surface area contributed by atoms with Crippen molar-refractivity contribution in [3.63, 3.8) is 0 Å². The van der Waals surface area contributed by atoms with Gasteiger partial charge in [0.05, 0.1) is 0 Å². The number of carbonyl (C=O) groups is 3. The normalized spacial score (nSPS) is 14.6. The average molecular weight is 345 g/mol. The molecule has 0 aromatic heterocycles. The number of hydrogen-bond donors (Lipinski definition) is 1. The highest BCUT2D eigenvalue weighted by Gasteiger charge is 2.22. The Morgan fingerprint density at radius 2 is 1.52 bits per heavy atom. The van der Waals surface area contributed by atoms with Gasteiger partial charge in [-0.25, -0.2) is 0 Å². The summed E-state index contributed by atoms with van der Waals surface area (Å²) in [6.45, 7) is 7.98. The quantitative estimate of drug-likeness (QED) is 0.889. The summed E-state index contributed by atoms with van der Waals surface area (Å²) in [7, 11) is 0. The van der Waals surface area contributed by atoms with Gasteiger partial charge in [0.1, 0.15) is 0 Å². The number of carbonyl (C=O) groups excluding carboxylic acids is 3. The lowest BCUT2D eigenvalue weighted by atomic mass is 10.0. The second kappa shape index (κ2) is 8.65. The van der Waals surface area contributed by atoms with Gasteiger partial charge in [-0.2, -0.15) is 0 Å². The summed E-state index contributed by atoms with van der Waals surface area (Å²) in [5.74, 6) is 0.294. The number of benzene rings is 1. The van der Waals surface area contributed by atoms with Crippen LogP contribution in [0.4, 0.5) is 5.69 Å². The van der Waals surface area contributed by atoms with Gasteiger partial charge in [0.2, 0.25) is 17.7 Å². The van der Waals surface area contributed by atoms with Crippen LogP contribution >= 0.6 is 0 Å². The van der Waals surface area contributed by atoms with E-state index in [4.69, 9.17) is 0 Å². The summed E-state index contributed by atoms with van der Waals surface area (Å²) in [6.07, 6.45) is 0.355. The summed E-state index contributed by atoms with van der Waals surface area (Å²) in [6, 6.07) is 7.77. The molecular formula is C19H27N3O3. The first-order valence-electron chi connectivity index (χ1n) is 8.80. The molecule has 0 bridgehead atoms. The summed E-state index contributed by atoms with van der Waals surface area (Å²) < 4.78 is 0. The first-order chi connectivity index (χ1) is 11.9. The van der Waals surface area contributed by atoms with Crippen molar-refractivity contribution < 1.29 is 14.4 Å². The van der Waals surface area contributed by atoms with Crippen LogP contribution in [0.15, 0.2) is 24.3 Å². The molecule has 136 valence electrons. The lowest BCUT2D eigenvalue weighted by Gasteiger charge is -2.34. The first-order valence-corrected chi connectivity index (χ1v) is 8.80. The maximum atomic E-state index is 12.2. The largest absolute Gasteiger partial charge is 0.339 e. The molecule has 6 nitrogen and oxygen atoms in total. The van der Waals surface area contributed by atoms with Crippen molar-refractivity contribution in [3.8, 4) is 0 Å². The third kappa shape index (κ3) is 5.59. The van der Waals surface area contributed by atoms with Crippen molar-refractivity contribution >= 4 is 23.4 Å². The Morgan fingerprint density at radius 1 is 0.960 bits per heavy atom. The third-order valence-corrected chi connectivity index (χ3v) is 4.50. The third-order valence-electron chi connectivity index (χ3n) is 4.50. The zero-order valence-corrected chi connectivity index (χ0v) is 15.2. The monoisotopic (exact) mass is 345 g/mol. The van der Waals surface area contributed by atoms with Gasteiger partial charge < -0.3 is 15.1 Å². The van der Waals surface area contributed by atoms with Gasteiger partial charge in [0.25, 0.3) is 0 Å². The van der Waals surface area contributed by atoms with Gasteiger partial charge >= 0.3 is 0 Å². The molecule has 0 saturated carbocycles.